The molecule has 2 aromatic carbocycles. The van der Waals surface area contributed by atoms with Gasteiger partial charge >= 0.3 is 0 Å². The van der Waals surface area contributed by atoms with Crippen molar-refractivity contribution in [3.05, 3.63) is 58.6 Å². The Morgan fingerprint density at radius 3 is 2.65 bits per heavy atom. The van der Waals surface area contributed by atoms with E-state index < -0.39 is 17.7 Å². The fourth-order valence-corrected chi connectivity index (χ4v) is 1.98. The Hall–Kier alpha value is -1.65. The Morgan fingerprint density at radius 2 is 2.00 bits per heavy atom. The first-order valence-corrected chi connectivity index (χ1v) is 6.57. The predicted molar refractivity (Wildman–Crippen MR) is 75.1 cm³/mol. The lowest BCUT2D eigenvalue weighted by molar-refractivity contribution is 0.431. The number of ether oxygens (including phenoxy) is 1. The molecule has 0 aliphatic carbocycles. The molecule has 5 heteroatoms. The highest BCUT2D eigenvalue weighted by Gasteiger charge is 2.18. The van der Waals surface area contributed by atoms with E-state index in [1.165, 1.54) is 30.3 Å². The summed E-state index contributed by atoms with van der Waals surface area (Å²) in [5.41, 5.74) is 6.16. The summed E-state index contributed by atoms with van der Waals surface area (Å²) in [5, 5.41) is 0.110. The molecule has 0 fully saturated rings. The summed E-state index contributed by atoms with van der Waals surface area (Å²) in [6.07, 6.45) is 0.581. The Kier molecular flexibility index (Phi) is 4.57. The van der Waals surface area contributed by atoms with Crippen LogP contribution in [-0.4, -0.2) is 0 Å². The van der Waals surface area contributed by atoms with E-state index in [0.29, 0.717) is 12.0 Å². The first kappa shape index (κ1) is 14.8. The van der Waals surface area contributed by atoms with Crippen molar-refractivity contribution in [1.29, 1.82) is 0 Å². The van der Waals surface area contributed by atoms with Crippen LogP contribution in [0.5, 0.6) is 11.5 Å². The van der Waals surface area contributed by atoms with Gasteiger partial charge in [0.15, 0.2) is 11.6 Å². The minimum atomic E-state index is -0.615. The SMILES string of the molecule is CC[C@@H](N)c1ccc(Cl)c(Oc2cccc(F)c2)c1F. The third-order valence-electron chi connectivity index (χ3n) is 2.93. The van der Waals surface area contributed by atoms with Gasteiger partial charge in [-0.3, -0.25) is 0 Å². The van der Waals surface area contributed by atoms with Gasteiger partial charge in [-0.05, 0) is 24.6 Å². The van der Waals surface area contributed by atoms with Gasteiger partial charge in [-0.2, -0.15) is 0 Å². The average molecular weight is 298 g/mol. The van der Waals surface area contributed by atoms with Crippen molar-refractivity contribution in [3.63, 3.8) is 0 Å². The van der Waals surface area contributed by atoms with E-state index in [2.05, 4.69) is 0 Å². The predicted octanol–water partition coefficient (Wildman–Crippen LogP) is 4.82. The van der Waals surface area contributed by atoms with Gasteiger partial charge in [-0.25, -0.2) is 8.78 Å². The lowest BCUT2D eigenvalue weighted by atomic mass is 10.0. The number of halogens is 3. The lowest BCUT2D eigenvalue weighted by Gasteiger charge is -2.15. The molecule has 2 rings (SSSR count). The smallest absolute Gasteiger partial charge is 0.181 e. The quantitative estimate of drug-likeness (QED) is 0.878. The van der Waals surface area contributed by atoms with Crippen molar-refractivity contribution in [2.45, 2.75) is 19.4 Å². The summed E-state index contributed by atoms with van der Waals surface area (Å²) >= 11 is 5.94. The van der Waals surface area contributed by atoms with Crippen molar-refractivity contribution in [1.82, 2.24) is 0 Å². The van der Waals surface area contributed by atoms with Gasteiger partial charge in [0.1, 0.15) is 11.6 Å². The third-order valence-corrected chi connectivity index (χ3v) is 3.23. The molecule has 0 bridgehead atoms. The standard InChI is InChI=1S/C15H14ClF2NO/c1-2-13(19)11-6-7-12(16)15(14(11)18)20-10-5-3-4-9(17)8-10/h3-8,13H,2,19H2,1H3/t13-/m1/s1. The van der Waals surface area contributed by atoms with Crippen LogP contribution in [0.25, 0.3) is 0 Å². The maximum Gasteiger partial charge on any atom is 0.181 e. The summed E-state index contributed by atoms with van der Waals surface area (Å²) in [7, 11) is 0. The zero-order valence-electron chi connectivity index (χ0n) is 10.9. The lowest BCUT2D eigenvalue weighted by Crippen LogP contribution is -2.11. The number of rotatable bonds is 4. The van der Waals surface area contributed by atoms with Crippen molar-refractivity contribution >= 4 is 11.6 Å². The summed E-state index contributed by atoms with van der Waals surface area (Å²) in [4.78, 5) is 0. The third kappa shape index (κ3) is 3.08. The second kappa shape index (κ2) is 6.20. The van der Waals surface area contributed by atoms with E-state index in [0.717, 1.165) is 6.07 Å². The summed E-state index contributed by atoms with van der Waals surface area (Å²) in [6.45, 7) is 1.85. The minimum absolute atomic E-state index is 0.110. The molecule has 2 nitrogen and oxygen atoms in total. The molecule has 0 saturated heterocycles. The molecule has 0 aliphatic heterocycles. The van der Waals surface area contributed by atoms with Gasteiger partial charge in [-0.15, -0.1) is 0 Å². The van der Waals surface area contributed by atoms with Gasteiger partial charge in [0, 0.05) is 17.7 Å². The maximum atomic E-state index is 14.4. The highest BCUT2D eigenvalue weighted by atomic mass is 35.5. The molecule has 20 heavy (non-hydrogen) atoms. The van der Waals surface area contributed by atoms with E-state index in [4.69, 9.17) is 22.1 Å². The molecule has 0 aromatic heterocycles. The highest BCUT2D eigenvalue weighted by molar-refractivity contribution is 6.32. The molecular weight excluding hydrogens is 284 g/mol. The monoisotopic (exact) mass is 297 g/mol. The van der Waals surface area contributed by atoms with E-state index in [9.17, 15) is 8.78 Å². The Labute approximate surface area is 121 Å². The Balaban J connectivity index is 2.40. The van der Waals surface area contributed by atoms with Crippen LogP contribution in [-0.2, 0) is 0 Å². The van der Waals surface area contributed by atoms with Crippen LogP contribution in [0.3, 0.4) is 0 Å². The zero-order valence-corrected chi connectivity index (χ0v) is 11.6. The van der Waals surface area contributed by atoms with E-state index in [1.807, 2.05) is 6.92 Å². The van der Waals surface area contributed by atoms with Crippen LogP contribution in [0.4, 0.5) is 8.78 Å². The van der Waals surface area contributed by atoms with Gasteiger partial charge in [0.25, 0.3) is 0 Å². The number of hydrogen-bond acceptors (Lipinski definition) is 2. The van der Waals surface area contributed by atoms with Crippen LogP contribution in [0.2, 0.25) is 5.02 Å². The van der Waals surface area contributed by atoms with Gasteiger partial charge in [0.05, 0.1) is 5.02 Å². The van der Waals surface area contributed by atoms with Crippen LogP contribution in [0, 0.1) is 11.6 Å². The number of hydrogen-bond donors (Lipinski definition) is 1. The Bertz CT molecular complexity index is 619. The molecule has 2 N–H and O–H groups in total. The molecular formula is C15H14ClF2NO. The molecule has 0 amide bonds. The summed E-state index contributed by atoms with van der Waals surface area (Å²) < 4.78 is 32.8. The Morgan fingerprint density at radius 1 is 1.25 bits per heavy atom. The average Bonchev–Trinajstić information content (AvgIpc) is 2.43. The fraction of sp³-hybridized carbons (Fsp3) is 0.200. The van der Waals surface area contributed by atoms with Crippen molar-refractivity contribution in [2.24, 2.45) is 5.73 Å². The van der Waals surface area contributed by atoms with E-state index in [-0.39, 0.29) is 16.5 Å². The van der Waals surface area contributed by atoms with E-state index >= 15 is 0 Å². The van der Waals surface area contributed by atoms with Crippen LogP contribution in [0.1, 0.15) is 24.9 Å². The molecule has 1 atom stereocenters. The van der Waals surface area contributed by atoms with Crippen molar-refractivity contribution < 1.29 is 13.5 Å². The second-order valence-electron chi connectivity index (χ2n) is 4.35. The number of nitrogens with two attached hydrogens (primary N) is 1. The van der Waals surface area contributed by atoms with E-state index in [1.54, 1.807) is 0 Å². The first-order chi connectivity index (χ1) is 9.52. The number of benzene rings is 2. The topological polar surface area (TPSA) is 35.2 Å². The minimum Gasteiger partial charge on any atom is -0.453 e. The molecule has 0 unspecified atom stereocenters. The van der Waals surface area contributed by atoms with Gasteiger partial charge in [-0.1, -0.05) is 30.7 Å². The normalized spacial score (nSPS) is 12.2. The highest BCUT2D eigenvalue weighted by Crippen LogP contribution is 2.36. The summed E-state index contributed by atoms with van der Waals surface area (Å²) in [6, 6.07) is 8.02. The van der Waals surface area contributed by atoms with Crippen LogP contribution >= 0.6 is 11.6 Å². The van der Waals surface area contributed by atoms with Crippen molar-refractivity contribution in [3.8, 4) is 11.5 Å². The zero-order chi connectivity index (χ0) is 14.7. The summed E-state index contributed by atoms with van der Waals surface area (Å²) in [5.74, 6) is -1.05. The van der Waals surface area contributed by atoms with Gasteiger partial charge in [0.2, 0.25) is 0 Å². The molecule has 2 aromatic rings. The molecule has 0 aliphatic rings. The molecule has 0 heterocycles. The first-order valence-electron chi connectivity index (χ1n) is 6.19. The molecule has 0 radical (unpaired) electrons. The fourth-order valence-electron chi connectivity index (χ4n) is 1.80. The molecule has 0 spiro atoms. The second-order valence-corrected chi connectivity index (χ2v) is 4.76. The van der Waals surface area contributed by atoms with Crippen molar-refractivity contribution in [2.75, 3.05) is 0 Å². The van der Waals surface area contributed by atoms with Gasteiger partial charge < -0.3 is 10.5 Å². The largest absolute Gasteiger partial charge is 0.453 e. The van der Waals surface area contributed by atoms with Crippen LogP contribution < -0.4 is 10.5 Å². The van der Waals surface area contributed by atoms with Crippen LogP contribution in [0.15, 0.2) is 36.4 Å². The molecule has 0 saturated carbocycles. The molecule has 106 valence electrons. The maximum absolute atomic E-state index is 14.4.